The monoisotopic (exact) mass is 302 g/mol. The summed E-state index contributed by atoms with van der Waals surface area (Å²) >= 11 is 0. The standard InChI is InChI=1S/C18H23FOSi/c1-2-9-18(19)21(15-14-20,16-10-5-3-6-11-16)17-12-7-4-8-13-17/h3-8,10-13,18,20H,2,9,14-15H2,1H3. The molecule has 0 saturated carbocycles. The molecule has 3 heteroatoms. The Balaban J connectivity index is 2.60. The quantitative estimate of drug-likeness (QED) is 0.780. The van der Waals surface area contributed by atoms with Crippen molar-refractivity contribution in [1.82, 2.24) is 0 Å². The fourth-order valence-corrected chi connectivity index (χ4v) is 7.78. The van der Waals surface area contributed by atoms with Crippen LogP contribution >= 0.6 is 0 Å². The summed E-state index contributed by atoms with van der Waals surface area (Å²) in [5.74, 6) is -0.876. The number of rotatable bonds is 7. The molecule has 0 aliphatic rings. The lowest BCUT2D eigenvalue weighted by atomic mass is 10.3. The van der Waals surface area contributed by atoms with Gasteiger partial charge in [0.25, 0.3) is 0 Å². The molecule has 0 fully saturated rings. The van der Waals surface area contributed by atoms with Crippen LogP contribution in [0.1, 0.15) is 19.8 Å². The van der Waals surface area contributed by atoms with Crippen molar-refractivity contribution in [3.63, 3.8) is 0 Å². The van der Waals surface area contributed by atoms with Crippen molar-refractivity contribution in [2.24, 2.45) is 0 Å². The van der Waals surface area contributed by atoms with E-state index in [-0.39, 0.29) is 6.61 Å². The van der Waals surface area contributed by atoms with Gasteiger partial charge >= 0.3 is 0 Å². The minimum atomic E-state index is -2.59. The third-order valence-electron chi connectivity index (χ3n) is 4.16. The van der Waals surface area contributed by atoms with Gasteiger partial charge in [0, 0.05) is 6.61 Å². The smallest absolute Gasteiger partial charge is 0.157 e. The van der Waals surface area contributed by atoms with Crippen LogP contribution in [-0.2, 0) is 0 Å². The van der Waals surface area contributed by atoms with Crippen molar-refractivity contribution >= 4 is 18.4 Å². The number of aliphatic hydroxyl groups is 1. The summed E-state index contributed by atoms with van der Waals surface area (Å²) in [6.07, 6.45) is 1.37. The molecule has 21 heavy (non-hydrogen) atoms. The van der Waals surface area contributed by atoms with Gasteiger partial charge in [0.15, 0.2) is 8.07 Å². The summed E-state index contributed by atoms with van der Waals surface area (Å²) in [6.45, 7) is 2.04. The van der Waals surface area contributed by atoms with Gasteiger partial charge in [0.1, 0.15) is 0 Å². The first kappa shape index (κ1) is 15.9. The Bertz CT molecular complexity index is 490. The molecule has 0 amide bonds. The highest BCUT2D eigenvalue weighted by Crippen LogP contribution is 2.22. The van der Waals surface area contributed by atoms with Crippen LogP contribution in [-0.4, -0.2) is 25.6 Å². The van der Waals surface area contributed by atoms with Crippen LogP contribution in [0.25, 0.3) is 0 Å². The van der Waals surface area contributed by atoms with Crippen molar-refractivity contribution < 1.29 is 9.50 Å². The Hall–Kier alpha value is -1.45. The minimum Gasteiger partial charge on any atom is -0.397 e. The molecule has 2 aromatic carbocycles. The molecule has 0 saturated heterocycles. The summed E-state index contributed by atoms with van der Waals surface area (Å²) < 4.78 is 15.2. The lowest BCUT2D eigenvalue weighted by molar-refractivity contribution is 0.312. The van der Waals surface area contributed by atoms with E-state index in [4.69, 9.17) is 0 Å². The van der Waals surface area contributed by atoms with Crippen molar-refractivity contribution in [2.75, 3.05) is 6.61 Å². The molecule has 112 valence electrons. The van der Waals surface area contributed by atoms with E-state index < -0.39 is 13.9 Å². The molecule has 0 aliphatic heterocycles. The zero-order chi connectivity index (χ0) is 15.1. The Morgan fingerprint density at radius 1 is 0.952 bits per heavy atom. The predicted octanol–water partition coefficient (Wildman–Crippen LogP) is 2.92. The van der Waals surface area contributed by atoms with Crippen LogP contribution in [0.2, 0.25) is 6.04 Å². The maximum Gasteiger partial charge on any atom is 0.157 e. The molecule has 0 spiro atoms. The first-order valence-corrected chi connectivity index (χ1v) is 9.90. The second-order valence-electron chi connectivity index (χ2n) is 5.43. The normalized spacial score (nSPS) is 13.1. The van der Waals surface area contributed by atoms with E-state index in [0.717, 1.165) is 16.8 Å². The molecule has 1 unspecified atom stereocenters. The minimum absolute atomic E-state index is 0.0279. The van der Waals surface area contributed by atoms with Gasteiger partial charge in [-0.3, -0.25) is 4.39 Å². The van der Waals surface area contributed by atoms with Crippen molar-refractivity contribution in [2.45, 2.75) is 31.6 Å². The topological polar surface area (TPSA) is 20.2 Å². The second-order valence-corrected chi connectivity index (χ2v) is 9.66. The summed E-state index contributed by atoms with van der Waals surface area (Å²) in [4.78, 5) is 0. The highest BCUT2D eigenvalue weighted by Gasteiger charge is 2.44. The molecule has 2 aromatic rings. The summed E-state index contributed by atoms with van der Waals surface area (Å²) in [5, 5.41) is 11.8. The van der Waals surface area contributed by atoms with E-state index in [1.54, 1.807) is 0 Å². The van der Waals surface area contributed by atoms with E-state index in [9.17, 15) is 5.11 Å². The van der Waals surface area contributed by atoms with Gasteiger partial charge in [-0.1, -0.05) is 84.4 Å². The molecule has 0 aliphatic carbocycles. The van der Waals surface area contributed by atoms with Gasteiger partial charge in [-0.15, -0.1) is 0 Å². The summed E-state index contributed by atoms with van der Waals surface area (Å²) in [5.41, 5.74) is 0. The number of benzene rings is 2. The first-order valence-electron chi connectivity index (χ1n) is 7.61. The SMILES string of the molecule is CCCC(F)[Si](CCO)(c1ccccc1)c1ccccc1. The van der Waals surface area contributed by atoms with Gasteiger partial charge in [-0.05, 0) is 12.5 Å². The molecule has 2 rings (SSSR count). The fraction of sp³-hybridized carbons (Fsp3) is 0.333. The highest BCUT2D eigenvalue weighted by molar-refractivity contribution is 7.03. The van der Waals surface area contributed by atoms with Gasteiger partial charge in [-0.2, -0.15) is 0 Å². The average molecular weight is 302 g/mol. The first-order chi connectivity index (χ1) is 10.3. The average Bonchev–Trinajstić information content (AvgIpc) is 2.54. The van der Waals surface area contributed by atoms with Gasteiger partial charge in [-0.25, -0.2) is 0 Å². The van der Waals surface area contributed by atoms with Crippen LogP contribution in [0.4, 0.5) is 4.39 Å². The van der Waals surface area contributed by atoms with Crippen LogP contribution in [0.3, 0.4) is 0 Å². The highest BCUT2D eigenvalue weighted by atomic mass is 28.3. The number of hydrogen-bond donors (Lipinski definition) is 1. The van der Waals surface area contributed by atoms with Gasteiger partial charge in [0.2, 0.25) is 0 Å². The third kappa shape index (κ3) is 3.25. The lowest BCUT2D eigenvalue weighted by Crippen LogP contribution is -2.65. The molecule has 0 radical (unpaired) electrons. The second kappa shape index (κ2) is 7.53. The number of alkyl halides is 1. The third-order valence-corrected chi connectivity index (χ3v) is 9.26. The Labute approximate surface area is 127 Å². The van der Waals surface area contributed by atoms with E-state index in [0.29, 0.717) is 12.5 Å². The molecular weight excluding hydrogens is 279 g/mol. The van der Waals surface area contributed by atoms with Gasteiger partial charge < -0.3 is 5.11 Å². The zero-order valence-corrected chi connectivity index (χ0v) is 13.5. The fourth-order valence-electron chi connectivity index (χ4n) is 3.12. The van der Waals surface area contributed by atoms with Crippen molar-refractivity contribution in [3.05, 3.63) is 60.7 Å². The van der Waals surface area contributed by atoms with Crippen LogP contribution < -0.4 is 10.4 Å². The summed E-state index contributed by atoms with van der Waals surface area (Å²) in [6, 6.07) is 20.4. The Kier molecular flexibility index (Phi) is 5.71. The molecular formula is C18H23FOSi. The van der Waals surface area contributed by atoms with Crippen molar-refractivity contribution in [3.8, 4) is 0 Å². The van der Waals surface area contributed by atoms with E-state index in [2.05, 4.69) is 0 Å². The number of hydrogen-bond acceptors (Lipinski definition) is 1. The van der Waals surface area contributed by atoms with E-state index >= 15 is 4.39 Å². The predicted molar refractivity (Wildman–Crippen MR) is 89.6 cm³/mol. The maximum atomic E-state index is 15.2. The van der Waals surface area contributed by atoms with Crippen LogP contribution in [0.5, 0.6) is 0 Å². The van der Waals surface area contributed by atoms with Crippen molar-refractivity contribution in [1.29, 1.82) is 0 Å². The molecule has 0 bridgehead atoms. The number of aliphatic hydroxyl groups excluding tert-OH is 1. The Morgan fingerprint density at radius 2 is 1.43 bits per heavy atom. The summed E-state index contributed by atoms with van der Waals surface area (Å²) in [7, 11) is -2.59. The molecule has 1 atom stereocenters. The van der Waals surface area contributed by atoms with Crippen LogP contribution in [0, 0.1) is 0 Å². The zero-order valence-electron chi connectivity index (χ0n) is 12.5. The maximum absolute atomic E-state index is 15.2. The van der Waals surface area contributed by atoms with E-state index in [1.807, 2.05) is 67.6 Å². The largest absolute Gasteiger partial charge is 0.397 e. The van der Waals surface area contributed by atoms with Crippen LogP contribution in [0.15, 0.2) is 60.7 Å². The molecule has 0 heterocycles. The van der Waals surface area contributed by atoms with E-state index in [1.165, 1.54) is 0 Å². The van der Waals surface area contributed by atoms with Gasteiger partial charge in [0.05, 0.1) is 5.79 Å². The molecule has 1 nitrogen and oxygen atoms in total. The molecule has 1 N–H and O–H groups in total. The number of halogens is 1. The molecule has 0 aromatic heterocycles. The lowest BCUT2D eigenvalue weighted by Gasteiger charge is -2.35. The Morgan fingerprint density at radius 3 is 1.81 bits per heavy atom.